The zero-order valence-electron chi connectivity index (χ0n) is 18.9. The maximum Gasteiger partial charge on any atom is 0.325 e. The Morgan fingerprint density at radius 3 is 2.19 bits per heavy atom. The Kier molecular flexibility index (Phi) is 8.46. The predicted molar refractivity (Wildman–Crippen MR) is 118 cm³/mol. The second-order valence-electron chi connectivity index (χ2n) is 6.86. The second kappa shape index (κ2) is 11.0. The van der Waals surface area contributed by atoms with Crippen molar-refractivity contribution >= 4 is 17.7 Å². The number of aromatic nitrogens is 1. The van der Waals surface area contributed by atoms with Crippen LogP contribution in [0, 0.1) is 13.8 Å². The summed E-state index contributed by atoms with van der Waals surface area (Å²) in [7, 11) is 4.32. The SMILES string of the molecule is C=CCn1c(C)cc(C(=O)COC(=O)CNC(=O)c2cc(OC)c(OC)c(OC)c2)c1C. The van der Waals surface area contributed by atoms with Gasteiger partial charge in [-0.3, -0.25) is 14.4 Å². The van der Waals surface area contributed by atoms with Crippen molar-refractivity contribution in [1.29, 1.82) is 0 Å². The Hall–Kier alpha value is -3.75. The molecule has 2 aromatic rings. The number of hydrogen-bond acceptors (Lipinski definition) is 7. The molecule has 9 nitrogen and oxygen atoms in total. The van der Waals surface area contributed by atoms with Crippen LogP contribution in [-0.4, -0.2) is 56.7 Å². The number of hydrogen-bond donors (Lipinski definition) is 1. The summed E-state index contributed by atoms with van der Waals surface area (Å²) < 4.78 is 22.6. The highest BCUT2D eigenvalue weighted by atomic mass is 16.5. The lowest BCUT2D eigenvalue weighted by molar-refractivity contribution is -0.141. The monoisotopic (exact) mass is 444 g/mol. The van der Waals surface area contributed by atoms with Crippen molar-refractivity contribution in [3.05, 3.63) is 53.4 Å². The average Bonchev–Trinajstić information content (AvgIpc) is 3.08. The minimum Gasteiger partial charge on any atom is -0.493 e. The summed E-state index contributed by atoms with van der Waals surface area (Å²) >= 11 is 0. The number of amides is 1. The van der Waals surface area contributed by atoms with E-state index in [0.717, 1.165) is 11.4 Å². The first-order valence-electron chi connectivity index (χ1n) is 9.81. The number of nitrogens with zero attached hydrogens (tertiary/aromatic N) is 1. The van der Waals surface area contributed by atoms with Crippen molar-refractivity contribution in [3.8, 4) is 17.2 Å². The van der Waals surface area contributed by atoms with Gasteiger partial charge < -0.3 is 28.8 Å². The molecule has 0 spiro atoms. The van der Waals surface area contributed by atoms with E-state index < -0.39 is 25.0 Å². The molecule has 0 unspecified atom stereocenters. The fourth-order valence-electron chi connectivity index (χ4n) is 3.23. The fraction of sp³-hybridized carbons (Fsp3) is 0.348. The Labute approximate surface area is 186 Å². The van der Waals surface area contributed by atoms with Crippen LogP contribution in [0.1, 0.15) is 32.1 Å². The topological polar surface area (TPSA) is 105 Å². The zero-order chi connectivity index (χ0) is 23.8. The van der Waals surface area contributed by atoms with Crippen LogP contribution in [0.4, 0.5) is 0 Å². The lowest BCUT2D eigenvalue weighted by Crippen LogP contribution is -2.31. The molecule has 0 saturated carbocycles. The Balaban J connectivity index is 1.96. The summed E-state index contributed by atoms with van der Waals surface area (Å²) in [6.07, 6.45) is 1.74. The molecule has 0 bridgehead atoms. The molecule has 1 aromatic heterocycles. The molecule has 0 saturated heterocycles. The van der Waals surface area contributed by atoms with Gasteiger partial charge in [-0.15, -0.1) is 6.58 Å². The summed E-state index contributed by atoms with van der Waals surface area (Å²) in [5, 5.41) is 2.45. The summed E-state index contributed by atoms with van der Waals surface area (Å²) in [6, 6.07) is 4.68. The number of Topliss-reactive ketones (excluding diaryl/α,β-unsaturated/α-hetero) is 1. The number of allylic oxidation sites excluding steroid dienone is 1. The number of nitrogens with one attached hydrogen (secondary N) is 1. The van der Waals surface area contributed by atoms with Crippen LogP contribution >= 0.6 is 0 Å². The Morgan fingerprint density at radius 2 is 1.66 bits per heavy atom. The molecule has 9 heteroatoms. The molecule has 0 atom stereocenters. The molecule has 0 fully saturated rings. The minimum absolute atomic E-state index is 0.207. The molecule has 0 radical (unpaired) electrons. The molecule has 1 amide bonds. The van der Waals surface area contributed by atoms with E-state index in [4.69, 9.17) is 18.9 Å². The van der Waals surface area contributed by atoms with Gasteiger partial charge >= 0.3 is 5.97 Å². The number of carbonyl (C=O) groups excluding carboxylic acids is 3. The van der Waals surface area contributed by atoms with Gasteiger partial charge in [0.1, 0.15) is 6.54 Å². The van der Waals surface area contributed by atoms with Crippen LogP contribution in [-0.2, 0) is 16.1 Å². The van der Waals surface area contributed by atoms with Gasteiger partial charge in [0.25, 0.3) is 5.91 Å². The number of benzene rings is 1. The van der Waals surface area contributed by atoms with E-state index in [1.807, 2.05) is 18.4 Å². The van der Waals surface area contributed by atoms with Crippen LogP contribution in [0.15, 0.2) is 30.9 Å². The first-order valence-corrected chi connectivity index (χ1v) is 9.81. The molecule has 32 heavy (non-hydrogen) atoms. The van der Waals surface area contributed by atoms with E-state index >= 15 is 0 Å². The largest absolute Gasteiger partial charge is 0.493 e. The van der Waals surface area contributed by atoms with E-state index in [1.54, 1.807) is 12.1 Å². The first-order chi connectivity index (χ1) is 15.3. The number of carbonyl (C=O) groups is 3. The molecular formula is C23H28N2O7. The predicted octanol–water partition coefficient (Wildman–Crippen LogP) is 2.47. The minimum atomic E-state index is -0.737. The van der Waals surface area contributed by atoms with Gasteiger partial charge in [-0.25, -0.2) is 0 Å². The Bertz CT molecular complexity index is 999. The van der Waals surface area contributed by atoms with Crippen LogP contribution in [0.2, 0.25) is 0 Å². The summed E-state index contributed by atoms with van der Waals surface area (Å²) in [5.41, 5.74) is 2.38. The lowest BCUT2D eigenvalue weighted by atomic mass is 10.1. The third kappa shape index (κ3) is 5.48. The standard InChI is InChI=1S/C23H28N2O7/c1-7-8-25-14(2)9-17(15(25)3)18(26)13-32-21(27)12-24-23(28)16-10-19(29-4)22(31-6)20(11-16)30-5/h7,9-11H,1,8,12-13H2,2-6H3,(H,24,28). The van der Waals surface area contributed by atoms with Crippen molar-refractivity contribution < 1.29 is 33.3 Å². The summed E-state index contributed by atoms with van der Waals surface area (Å²) in [5.74, 6) is -0.646. The molecule has 172 valence electrons. The van der Waals surface area contributed by atoms with Crippen molar-refractivity contribution in [1.82, 2.24) is 9.88 Å². The zero-order valence-corrected chi connectivity index (χ0v) is 18.9. The third-order valence-corrected chi connectivity index (χ3v) is 4.87. The highest BCUT2D eigenvalue weighted by Crippen LogP contribution is 2.38. The third-order valence-electron chi connectivity index (χ3n) is 4.87. The maximum absolute atomic E-state index is 12.5. The van der Waals surface area contributed by atoms with Gasteiger partial charge in [0, 0.05) is 29.1 Å². The molecular weight excluding hydrogens is 416 g/mol. The van der Waals surface area contributed by atoms with Crippen LogP contribution in [0.3, 0.4) is 0 Å². The molecule has 1 heterocycles. The van der Waals surface area contributed by atoms with E-state index in [2.05, 4.69) is 11.9 Å². The van der Waals surface area contributed by atoms with Crippen LogP contribution in [0.25, 0.3) is 0 Å². The van der Waals surface area contributed by atoms with Gasteiger partial charge in [-0.2, -0.15) is 0 Å². The van der Waals surface area contributed by atoms with Crippen molar-refractivity contribution in [2.24, 2.45) is 0 Å². The normalized spacial score (nSPS) is 10.3. The molecule has 0 aliphatic carbocycles. The van der Waals surface area contributed by atoms with E-state index in [0.29, 0.717) is 29.4 Å². The van der Waals surface area contributed by atoms with Crippen molar-refractivity contribution in [2.75, 3.05) is 34.5 Å². The second-order valence-corrected chi connectivity index (χ2v) is 6.86. The lowest BCUT2D eigenvalue weighted by Gasteiger charge is -2.14. The Morgan fingerprint density at radius 1 is 1.03 bits per heavy atom. The molecule has 0 aliphatic heterocycles. The average molecular weight is 444 g/mol. The molecule has 1 aromatic carbocycles. The quantitative estimate of drug-likeness (QED) is 0.322. The number of ketones is 1. The first kappa shape index (κ1) is 24.5. The number of rotatable bonds is 11. The van der Waals surface area contributed by atoms with Crippen LogP contribution < -0.4 is 19.5 Å². The maximum atomic E-state index is 12.5. The smallest absolute Gasteiger partial charge is 0.325 e. The molecule has 2 rings (SSSR count). The fourth-order valence-corrected chi connectivity index (χ4v) is 3.23. The number of aryl methyl sites for hydroxylation is 1. The van der Waals surface area contributed by atoms with Gasteiger partial charge in [0.15, 0.2) is 18.1 Å². The highest BCUT2D eigenvalue weighted by Gasteiger charge is 2.19. The van der Waals surface area contributed by atoms with E-state index in [-0.39, 0.29) is 11.3 Å². The van der Waals surface area contributed by atoms with Gasteiger partial charge in [0.2, 0.25) is 11.5 Å². The van der Waals surface area contributed by atoms with Gasteiger partial charge in [-0.1, -0.05) is 6.08 Å². The van der Waals surface area contributed by atoms with Crippen molar-refractivity contribution in [2.45, 2.75) is 20.4 Å². The van der Waals surface area contributed by atoms with Gasteiger partial charge in [0.05, 0.1) is 21.3 Å². The summed E-state index contributed by atoms with van der Waals surface area (Å²) in [6.45, 7) is 7.17. The van der Waals surface area contributed by atoms with E-state index in [9.17, 15) is 14.4 Å². The van der Waals surface area contributed by atoms with Gasteiger partial charge in [-0.05, 0) is 32.0 Å². The van der Waals surface area contributed by atoms with Crippen molar-refractivity contribution in [3.63, 3.8) is 0 Å². The highest BCUT2D eigenvalue weighted by molar-refractivity contribution is 6.00. The molecule has 0 aliphatic rings. The number of esters is 1. The summed E-state index contributed by atoms with van der Waals surface area (Å²) in [4.78, 5) is 36.9. The molecule has 1 N–H and O–H groups in total. The number of methoxy groups -OCH3 is 3. The van der Waals surface area contributed by atoms with E-state index in [1.165, 1.54) is 33.5 Å². The van der Waals surface area contributed by atoms with Crippen LogP contribution in [0.5, 0.6) is 17.2 Å². The number of ether oxygens (including phenoxy) is 4.